The van der Waals surface area contributed by atoms with Gasteiger partial charge in [0.25, 0.3) is 0 Å². The quantitative estimate of drug-likeness (QED) is 0.834. The summed E-state index contributed by atoms with van der Waals surface area (Å²) in [4.78, 5) is 10.6. The van der Waals surface area contributed by atoms with Crippen molar-refractivity contribution in [3.8, 4) is 0 Å². The lowest BCUT2D eigenvalue weighted by Crippen LogP contribution is -2.37. The molecule has 0 atom stereocenters. The first-order chi connectivity index (χ1) is 7.66. The smallest absolute Gasteiger partial charge is 0.228 e. The maximum absolute atomic E-state index is 5.69. The Balaban J connectivity index is 2.15. The Morgan fingerprint density at radius 3 is 2.75 bits per heavy atom. The Hall–Kier alpha value is -0.880. The fraction of sp³-hybridized carbons (Fsp3) is 0.600. The summed E-state index contributed by atoms with van der Waals surface area (Å²) in [6, 6.07) is 2.13. The number of aromatic nitrogens is 2. The van der Waals surface area contributed by atoms with Crippen LogP contribution in [0.1, 0.15) is 12.8 Å². The van der Waals surface area contributed by atoms with Crippen LogP contribution in [0.3, 0.4) is 0 Å². The van der Waals surface area contributed by atoms with Crippen LogP contribution in [0.25, 0.3) is 0 Å². The molecule has 0 aromatic carbocycles. The van der Waals surface area contributed by atoms with Gasteiger partial charge in [0.15, 0.2) is 0 Å². The average Bonchev–Trinajstić information content (AvgIpc) is 2.28. The molecule has 1 fully saturated rings. The molecule has 1 saturated heterocycles. The molecule has 6 heteroatoms. The zero-order valence-corrected chi connectivity index (χ0v) is 10.8. The van der Waals surface area contributed by atoms with E-state index in [1.54, 1.807) is 6.07 Å². The van der Waals surface area contributed by atoms with E-state index in [0.29, 0.717) is 22.4 Å². The number of hydrogen-bond donors (Lipinski definition) is 1. The van der Waals surface area contributed by atoms with Gasteiger partial charge in [0, 0.05) is 32.4 Å². The third-order valence-corrected chi connectivity index (χ3v) is 3.16. The van der Waals surface area contributed by atoms with Crippen molar-refractivity contribution < 1.29 is 4.74 Å². The van der Waals surface area contributed by atoms with Crippen molar-refractivity contribution in [1.29, 1.82) is 0 Å². The lowest BCUT2D eigenvalue weighted by atomic mass is 10.1. The van der Waals surface area contributed by atoms with E-state index in [4.69, 9.17) is 10.5 Å². The monoisotopic (exact) mass is 286 g/mol. The molecule has 0 unspecified atom stereocenters. The minimum Gasteiger partial charge on any atom is -0.383 e. The zero-order chi connectivity index (χ0) is 11.5. The van der Waals surface area contributed by atoms with Gasteiger partial charge in [-0.15, -0.1) is 0 Å². The van der Waals surface area contributed by atoms with Gasteiger partial charge in [0.2, 0.25) is 5.95 Å². The number of anilines is 2. The van der Waals surface area contributed by atoms with Crippen LogP contribution in [0.5, 0.6) is 0 Å². The Labute approximate surface area is 103 Å². The molecule has 2 rings (SSSR count). The van der Waals surface area contributed by atoms with Crippen molar-refractivity contribution in [3.05, 3.63) is 10.7 Å². The molecular weight excluding hydrogens is 272 g/mol. The topological polar surface area (TPSA) is 64.3 Å². The highest BCUT2D eigenvalue weighted by Gasteiger charge is 2.20. The summed E-state index contributed by atoms with van der Waals surface area (Å²) in [5, 5.41) is 0. The summed E-state index contributed by atoms with van der Waals surface area (Å²) >= 11 is 3.32. The maximum Gasteiger partial charge on any atom is 0.228 e. The lowest BCUT2D eigenvalue weighted by molar-refractivity contribution is 0.0852. The largest absolute Gasteiger partial charge is 0.383 e. The highest BCUT2D eigenvalue weighted by atomic mass is 79.9. The standard InChI is InChI=1S/C10H15BrN4O/c1-15(7-2-4-16-5-3-7)10-13-8(11)6-9(12)14-10/h6-7H,2-5H2,1H3,(H2,12,13,14). The first kappa shape index (κ1) is 11.6. The highest BCUT2D eigenvalue weighted by Crippen LogP contribution is 2.20. The van der Waals surface area contributed by atoms with Crippen molar-refractivity contribution in [2.75, 3.05) is 30.9 Å². The predicted molar refractivity (Wildman–Crippen MR) is 66.4 cm³/mol. The molecule has 5 nitrogen and oxygen atoms in total. The Kier molecular flexibility index (Phi) is 3.60. The number of halogens is 1. The Morgan fingerprint density at radius 2 is 2.12 bits per heavy atom. The third-order valence-electron chi connectivity index (χ3n) is 2.76. The first-order valence-corrected chi connectivity index (χ1v) is 6.07. The fourth-order valence-electron chi connectivity index (χ4n) is 1.82. The van der Waals surface area contributed by atoms with E-state index in [0.717, 1.165) is 26.1 Å². The molecule has 0 spiro atoms. The number of nitrogen functional groups attached to an aromatic ring is 1. The van der Waals surface area contributed by atoms with E-state index in [9.17, 15) is 0 Å². The summed E-state index contributed by atoms with van der Waals surface area (Å²) in [6.07, 6.45) is 2.01. The van der Waals surface area contributed by atoms with Crippen LogP contribution in [0, 0.1) is 0 Å². The SMILES string of the molecule is CN(c1nc(N)cc(Br)n1)C1CCOCC1. The summed E-state index contributed by atoms with van der Waals surface area (Å²) < 4.78 is 6.05. The van der Waals surface area contributed by atoms with Crippen LogP contribution < -0.4 is 10.6 Å². The molecule has 0 aliphatic carbocycles. The van der Waals surface area contributed by atoms with Crippen molar-refractivity contribution in [2.45, 2.75) is 18.9 Å². The van der Waals surface area contributed by atoms with Gasteiger partial charge in [-0.3, -0.25) is 0 Å². The number of nitrogens with two attached hydrogens (primary N) is 1. The van der Waals surface area contributed by atoms with Crippen LogP contribution >= 0.6 is 15.9 Å². The van der Waals surface area contributed by atoms with Gasteiger partial charge in [-0.25, -0.2) is 4.98 Å². The average molecular weight is 287 g/mol. The number of ether oxygens (including phenoxy) is 1. The number of nitrogens with zero attached hydrogens (tertiary/aromatic N) is 3. The van der Waals surface area contributed by atoms with Gasteiger partial charge in [0.05, 0.1) is 0 Å². The van der Waals surface area contributed by atoms with Gasteiger partial charge in [-0.1, -0.05) is 0 Å². The lowest BCUT2D eigenvalue weighted by Gasteiger charge is -2.31. The van der Waals surface area contributed by atoms with Crippen LogP contribution in [0.15, 0.2) is 10.7 Å². The van der Waals surface area contributed by atoms with Crippen LogP contribution in [0.2, 0.25) is 0 Å². The van der Waals surface area contributed by atoms with Crippen molar-refractivity contribution in [2.24, 2.45) is 0 Å². The molecule has 0 amide bonds. The fourth-order valence-corrected chi connectivity index (χ4v) is 2.21. The number of rotatable bonds is 2. The van der Waals surface area contributed by atoms with Gasteiger partial charge in [-0.05, 0) is 28.8 Å². The molecule has 2 heterocycles. The molecule has 2 N–H and O–H groups in total. The molecular formula is C10H15BrN4O. The van der Waals surface area contributed by atoms with Crippen LogP contribution in [-0.4, -0.2) is 36.3 Å². The molecule has 1 aromatic rings. The highest BCUT2D eigenvalue weighted by molar-refractivity contribution is 9.10. The second-order valence-electron chi connectivity index (χ2n) is 3.87. The number of hydrogen-bond acceptors (Lipinski definition) is 5. The molecule has 1 aliphatic heterocycles. The minimum atomic E-state index is 0.433. The van der Waals surface area contributed by atoms with Gasteiger partial charge < -0.3 is 15.4 Å². The van der Waals surface area contributed by atoms with Gasteiger partial charge in [0.1, 0.15) is 10.4 Å². The van der Waals surface area contributed by atoms with E-state index >= 15 is 0 Å². The maximum atomic E-state index is 5.69. The summed E-state index contributed by atoms with van der Waals surface area (Å²) in [5.41, 5.74) is 5.69. The molecule has 0 saturated carbocycles. The van der Waals surface area contributed by atoms with E-state index < -0.39 is 0 Å². The van der Waals surface area contributed by atoms with Crippen LogP contribution in [0.4, 0.5) is 11.8 Å². The van der Waals surface area contributed by atoms with Crippen molar-refractivity contribution >= 4 is 27.7 Å². The minimum absolute atomic E-state index is 0.433. The third kappa shape index (κ3) is 2.62. The Morgan fingerprint density at radius 1 is 1.44 bits per heavy atom. The summed E-state index contributed by atoms with van der Waals surface area (Å²) in [7, 11) is 2.00. The van der Waals surface area contributed by atoms with Crippen LogP contribution in [-0.2, 0) is 4.74 Å². The zero-order valence-electron chi connectivity index (χ0n) is 9.19. The summed E-state index contributed by atoms with van der Waals surface area (Å²) in [6.45, 7) is 1.61. The van der Waals surface area contributed by atoms with Crippen molar-refractivity contribution in [1.82, 2.24) is 9.97 Å². The second-order valence-corrected chi connectivity index (χ2v) is 4.68. The molecule has 0 radical (unpaired) electrons. The molecule has 1 aromatic heterocycles. The van der Waals surface area contributed by atoms with E-state index in [1.807, 2.05) is 7.05 Å². The van der Waals surface area contributed by atoms with E-state index in [-0.39, 0.29) is 0 Å². The molecule has 0 bridgehead atoms. The van der Waals surface area contributed by atoms with E-state index in [2.05, 4.69) is 30.8 Å². The first-order valence-electron chi connectivity index (χ1n) is 5.27. The van der Waals surface area contributed by atoms with Crippen molar-refractivity contribution in [3.63, 3.8) is 0 Å². The van der Waals surface area contributed by atoms with E-state index in [1.165, 1.54) is 0 Å². The molecule has 88 valence electrons. The van der Waals surface area contributed by atoms with Gasteiger partial charge in [-0.2, -0.15) is 4.98 Å². The predicted octanol–water partition coefficient (Wildman–Crippen LogP) is 1.44. The normalized spacial score (nSPS) is 17.4. The van der Waals surface area contributed by atoms with Gasteiger partial charge >= 0.3 is 0 Å². The summed E-state index contributed by atoms with van der Waals surface area (Å²) in [5.74, 6) is 1.15. The molecule has 16 heavy (non-hydrogen) atoms. The molecule has 1 aliphatic rings. The Bertz CT molecular complexity index is 348. The second kappa shape index (κ2) is 4.97.